The number of nitrogens with zero attached hydrogens (tertiary/aromatic N) is 2. The molecular formula is C14H16N2OS. The van der Waals surface area contributed by atoms with E-state index < -0.39 is 0 Å². The standard InChI is InChI=1S/C14H16N2OS/c1-10-13-4-7-18-14(13)3-6-16(10)12-2-5-15-11(8-12)9-17/h2,4-5,7-8,10,17H,3,6,9H2,1H3. The quantitative estimate of drug-likeness (QED) is 0.902. The van der Waals surface area contributed by atoms with Crippen molar-refractivity contribution in [3.8, 4) is 0 Å². The van der Waals surface area contributed by atoms with Crippen LogP contribution in [0.3, 0.4) is 0 Å². The van der Waals surface area contributed by atoms with E-state index in [-0.39, 0.29) is 6.61 Å². The Morgan fingerprint density at radius 3 is 3.22 bits per heavy atom. The molecule has 1 unspecified atom stereocenters. The van der Waals surface area contributed by atoms with E-state index in [1.807, 2.05) is 23.5 Å². The molecule has 0 aliphatic carbocycles. The molecule has 3 rings (SSSR count). The zero-order valence-corrected chi connectivity index (χ0v) is 11.2. The van der Waals surface area contributed by atoms with Crippen LogP contribution in [-0.4, -0.2) is 16.6 Å². The van der Waals surface area contributed by atoms with Gasteiger partial charge in [-0.2, -0.15) is 0 Å². The smallest absolute Gasteiger partial charge is 0.0853 e. The second-order valence-corrected chi connectivity index (χ2v) is 5.58. The summed E-state index contributed by atoms with van der Waals surface area (Å²) in [5.41, 5.74) is 3.32. The van der Waals surface area contributed by atoms with Gasteiger partial charge in [0.25, 0.3) is 0 Å². The molecule has 0 bridgehead atoms. The fraction of sp³-hybridized carbons (Fsp3) is 0.357. The largest absolute Gasteiger partial charge is 0.390 e. The van der Waals surface area contributed by atoms with Crippen LogP contribution in [0.5, 0.6) is 0 Å². The fourth-order valence-electron chi connectivity index (χ4n) is 2.59. The van der Waals surface area contributed by atoms with Gasteiger partial charge in [-0.3, -0.25) is 4.98 Å². The first kappa shape index (κ1) is 11.7. The normalized spacial score (nSPS) is 18.8. The van der Waals surface area contributed by atoms with Crippen LogP contribution in [0.25, 0.3) is 0 Å². The van der Waals surface area contributed by atoms with Gasteiger partial charge in [0.15, 0.2) is 0 Å². The highest BCUT2D eigenvalue weighted by atomic mass is 32.1. The molecule has 2 aromatic rings. The molecule has 0 aromatic carbocycles. The van der Waals surface area contributed by atoms with Crippen molar-refractivity contribution in [3.05, 3.63) is 45.9 Å². The number of aliphatic hydroxyl groups is 1. The Morgan fingerprint density at radius 2 is 2.39 bits per heavy atom. The molecule has 0 amide bonds. The van der Waals surface area contributed by atoms with Crippen molar-refractivity contribution >= 4 is 17.0 Å². The van der Waals surface area contributed by atoms with E-state index in [4.69, 9.17) is 0 Å². The van der Waals surface area contributed by atoms with E-state index in [1.54, 1.807) is 6.20 Å². The lowest BCUT2D eigenvalue weighted by Crippen LogP contribution is -2.33. The van der Waals surface area contributed by atoms with Crippen molar-refractivity contribution in [2.24, 2.45) is 0 Å². The predicted octanol–water partition coefficient (Wildman–Crippen LogP) is 2.76. The second-order valence-electron chi connectivity index (χ2n) is 4.58. The van der Waals surface area contributed by atoms with Crippen LogP contribution in [0.15, 0.2) is 29.8 Å². The number of aromatic nitrogens is 1. The zero-order chi connectivity index (χ0) is 12.5. The van der Waals surface area contributed by atoms with Crippen LogP contribution in [0.2, 0.25) is 0 Å². The molecule has 1 aliphatic heterocycles. The van der Waals surface area contributed by atoms with Crippen molar-refractivity contribution in [2.75, 3.05) is 11.4 Å². The molecule has 0 spiro atoms. The van der Waals surface area contributed by atoms with Gasteiger partial charge in [0.05, 0.1) is 18.3 Å². The van der Waals surface area contributed by atoms with E-state index in [9.17, 15) is 5.11 Å². The summed E-state index contributed by atoms with van der Waals surface area (Å²) < 4.78 is 0. The van der Waals surface area contributed by atoms with Crippen molar-refractivity contribution in [1.29, 1.82) is 0 Å². The number of hydrogen-bond acceptors (Lipinski definition) is 4. The summed E-state index contributed by atoms with van der Waals surface area (Å²) in [6.45, 7) is 3.27. The monoisotopic (exact) mass is 260 g/mol. The molecule has 3 heterocycles. The predicted molar refractivity (Wildman–Crippen MR) is 73.9 cm³/mol. The maximum Gasteiger partial charge on any atom is 0.0853 e. The molecule has 1 atom stereocenters. The molecule has 1 aliphatic rings. The van der Waals surface area contributed by atoms with Crippen molar-refractivity contribution in [3.63, 3.8) is 0 Å². The van der Waals surface area contributed by atoms with Gasteiger partial charge in [0.1, 0.15) is 0 Å². The molecule has 0 fully saturated rings. The highest BCUT2D eigenvalue weighted by molar-refractivity contribution is 7.10. The zero-order valence-electron chi connectivity index (χ0n) is 10.3. The molecule has 0 saturated carbocycles. The third-order valence-corrected chi connectivity index (χ3v) is 4.57. The number of aliphatic hydroxyl groups excluding tert-OH is 1. The van der Waals surface area contributed by atoms with E-state index in [2.05, 4.69) is 28.3 Å². The van der Waals surface area contributed by atoms with E-state index in [0.29, 0.717) is 6.04 Å². The first-order valence-corrected chi connectivity index (χ1v) is 7.06. The molecule has 0 saturated heterocycles. The Morgan fingerprint density at radius 1 is 1.50 bits per heavy atom. The molecular weight excluding hydrogens is 244 g/mol. The Labute approximate surface area is 111 Å². The number of thiophene rings is 1. The van der Waals surface area contributed by atoms with Crippen molar-refractivity contribution < 1.29 is 5.11 Å². The van der Waals surface area contributed by atoms with Gasteiger partial charge in [-0.05, 0) is 42.5 Å². The minimum Gasteiger partial charge on any atom is -0.390 e. The van der Waals surface area contributed by atoms with E-state index in [1.165, 1.54) is 10.4 Å². The Kier molecular flexibility index (Phi) is 3.06. The van der Waals surface area contributed by atoms with Crippen LogP contribution >= 0.6 is 11.3 Å². The van der Waals surface area contributed by atoms with Gasteiger partial charge in [0.2, 0.25) is 0 Å². The topological polar surface area (TPSA) is 36.4 Å². The third kappa shape index (κ3) is 1.91. The summed E-state index contributed by atoms with van der Waals surface area (Å²) in [7, 11) is 0. The number of hydrogen-bond donors (Lipinski definition) is 1. The molecule has 18 heavy (non-hydrogen) atoms. The minimum atomic E-state index is -0.000236. The Bertz CT molecular complexity index is 552. The Balaban J connectivity index is 1.94. The maximum atomic E-state index is 9.17. The van der Waals surface area contributed by atoms with Crippen LogP contribution in [0.4, 0.5) is 5.69 Å². The number of rotatable bonds is 2. The highest BCUT2D eigenvalue weighted by Crippen LogP contribution is 2.35. The van der Waals surface area contributed by atoms with Gasteiger partial charge in [-0.15, -0.1) is 11.3 Å². The average Bonchev–Trinajstić information content (AvgIpc) is 2.88. The minimum absolute atomic E-state index is 0.000236. The molecule has 94 valence electrons. The fourth-order valence-corrected chi connectivity index (χ4v) is 3.56. The summed E-state index contributed by atoms with van der Waals surface area (Å²) in [5, 5.41) is 11.3. The lowest BCUT2D eigenvalue weighted by atomic mass is 10.0. The van der Waals surface area contributed by atoms with Crippen LogP contribution in [0, 0.1) is 0 Å². The summed E-state index contributed by atoms with van der Waals surface area (Å²) in [5.74, 6) is 0. The van der Waals surface area contributed by atoms with Crippen LogP contribution in [-0.2, 0) is 13.0 Å². The van der Waals surface area contributed by atoms with E-state index in [0.717, 1.165) is 24.3 Å². The molecule has 1 N–H and O–H groups in total. The van der Waals surface area contributed by atoms with Gasteiger partial charge in [-0.1, -0.05) is 0 Å². The van der Waals surface area contributed by atoms with Crippen LogP contribution < -0.4 is 4.90 Å². The summed E-state index contributed by atoms with van der Waals surface area (Å²) >= 11 is 1.85. The maximum absolute atomic E-state index is 9.17. The number of fused-ring (bicyclic) bond motifs is 1. The Hall–Kier alpha value is -1.39. The summed E-state index contributed by atoms with van der Waals surface area (Å²) in [4.78, 5) is 8.03. The number of pyridine rings is 1. The SMILES string of the molecule is CC1c2ccsc2CCN1c1ccnc(CO)c1. The molecule has 3 nitrogen and oxygen atoms in total. The van der Waals surface area contributed by atoms with Crippen LogP contribution in [0.1, 0.15) is 29.1 Å². The van der Waals surface area contributed by atoms with E-state index >= 15 is 0 Å². The van der Waals surface area contributed by atoms with Gasteiger partial charge >= 0.3 is 0 Å². The highest BCUT2D eigenvalue weighted by Gasteiger charge is 2.24. The van der Waals surface area contributed by atoms with Gasteiger partial charge in [0, 0.05) is 23.3 Å². The first-order chi connectivity index (χ1) is 8.79. The third-order valence-electron chi connectivity index (χ3n) is 3.57. The average molecular weight is 260 g/mol. The lowest BCUT2D eigenvalue weighted by molar-refractivity contribution is 0.277. The van der Waals surface area contributed by atoms with Gasteiger partial charge in [-0.25, -0.2) is 0 Å². The number of anilines is 1. The first-order valence-electron chi connectivity index (χ1n) is 6.18. The summed E-state index contributed by atoms with van der Waals surface area (Å²) in [6, 6.07) is 6.63. The molecule has 2 aromatic heterocycles. The lowest BCUT2D eigenvalue weighted by Gasteiger charge is -2.35. The van der Waals surface area contributed by atoms with Gasteiger partial charge < -0.3 is 10.0 Å². The second kappa shape index (κ2) is 4.71. The molecule has 4 heteroatoms. The molecule has 0 radical (unpaired) electrons. The van der Waals surface area contributed by atoms with Crippen molar-refractivity contribution in [2.45, 2.75) is 26.0 Å². The summed E-state index contributed by atoms with van der Waals surface area (Å²) in [6.07, 6.45) is 2.88. The van der Waals surface area contributed by atoms with Crippen molar-refractivity contribution in [1.82, 2.24) is 4.98 Å².